The molecule has 1 aromatic heterocycles. The Morgan fingerprint density at radius 3 is 2.47 bits per heavy atom. The molecule has 80 valence electrons. The van der Waals surface area contributed by atoms with Gasteiger partial charge in [-0.25, -0.2) is 0 Å². The van der Waals surface area contributed by atoms with E-state index in [9.17, 15) is 0 Å². The zero-order valence-electron chi connectivity index (χ0n) is 9.80. The first-order valence-electron chi connectivity index (χ1n) is 5.58. The van der Waals surface area contributed by atoms with Gasteiger partial charge in [0.2, 0.25) is 0 Å². The van der Waals surface area contributed by atoms with Gasteiger partial charge in [-0.05, 0) is 44.7 Å². The van der Waals surface area contributed by atoms with Crippen LogP contribution >= 0.6 is 0 Å². The smallest absolute Gasteiger partial charge is 0.0628 e. The summed E-state index contributed by atoms with van der Waals surface area (Å²) in [5.41, 5.74) is 4.41. The summed E-state index contributed by atoms with van der Waals surface area (Å²) in [6.45, 7) is 7.53. The second kappa shape index (κ2) is 3.41. The molecule has 0 bridgehead atoms. The second-order valence-corrected chi connectivity index (χ2v) is 4.99. The fourth-order valence-corrected chi connectivity index (χ4v) is 2.19. The van der Waals surface area contributed by atoms with E-state index in [0.29, 0.717) is 11.8 Å². The van der Waals surface area contributed by atoms with Crippen molar-refractivity contribution in [2.24, 2.45) is 5.41 Å². The summed E-state index contributed by atoms with van der Waals surface area (Å²) in [5.74, 6) is 0. The number of nitriles is 1. The quantitative estimate of drug-likeness (QED) is 0.740. The van der Waals surface area contributed by atoms with E-state index < -0.39 is 0 Å². The third kappa shape index (κ3) is 1.79. The topological polar surface area (TPSA) is 28.7 Å². The fraction of sp³-hybridized carbons (Fsp3) is 0.615. The highest BCUT2D eigenvalue weighted by atomic mass is 15.0. The van der Waals surface area contributed by atoms with E-state index in [1.54, 1.807) is 0 Å². The molecule has 0 radical (unpaired) electrons. The van der Waals surface area contributed by atoms with E-state index >= 15 is 0 Å². The van der Waals surface area contributed by atoms with E-state index in [1.807, 2.05) is 0 Å². The zero-order chi connectivity index (χ0) is 11.1. The minimum Gasteiger partial charge on any atom is -0.351 e. The first kappa shape index (κ1) is 10.3. The van der Waals surface area contributed by atoms with Gasteiger partial charge in [-0.1, -0.05) is 0 Å². The maximum atomic E-state index is 8.79. The van der Waals surface area contributed by atoms with Crippen LogP contribution in [-0.2, 0) is 6.54 Å². The molecule has 1 aliphatic carbocycles. The lowest BCUT2D eigenvalue weighted by Crippen LogP contribution is -2.11. The van der Waals surface area contributed by atoms with Crippen LogP contribution in [0, 0.1) is 37.5 Å². The Kier molecular flexibility index (Phi) is 2.34. The highest BCUT2D eigenvalue weighted by Crippen LogP contribution is 2.50. The molecule has 1 aliphatic rings. The normalized spacial score (nSPS) is 17.5. The molecule has 1 heterocycles. The number of aryl methyl sites for hydroxylation is 1. The fourth-order valence-electron chi connectivity index (χ4n) is 2.19. The summed E-state index contributed by atoms with van der Waals surface area (Å²) in [7, 11) is 0. The third-order valence-electron chi connectivity index (χ3n) is 3.83. The van der Waals surface area contributed by atoms with Crippen LogP contribution < -0.4 is 0 Å². The van der Waals surface area contributed by atoms with Crippen molar-refractivity contribution in [1.82, 2.24) is 4.57 Å². The van der Waals surface area contributed by atoms with Crippen LogP contribution in [0.1, 0.15) is 36.1 Å². The van der Waals surface area contributed by atoms with Crippen LogP contribution in [0.15, 0.2) is 6.20 Å². The van der Waals surface area contributed by atoms with E-state index in [0.717, 1.165) is 6.54 Å². The van der Waals surface area contributed by atoms with Crippen molar-refractivity contribution >= 4 is 0 Å². The van der Waals surface area contributed by atoms with E-state index in [1.165, 1.54) is 29.7 Å². The molecule has 15 heavy (non-hydrogen) atoms. The maximum absolute atomic E-state index is 8.79. The van der Waals surface area contributed by atoms with Gasteiger partial charge in [0.25, 0.3) is 0 Å². The molecular formula is C13H18N2. The van der Waals surface area contributed by atoms with Gasteiger partial charge >= 0.3 is 0 Å². The monoisotopic (exact) mass is 202 g/mol. The highest BCUT2D eigenvalue weighted by Gasteiger charge is 2.42. The molecule has 1 saturated carbocycles. The summed E-state index contributed by atoms with van der Waals surface area (Å²) in [6.07, 6.45) is 5.37. The van der Waals surface area contributed by atoms with Crippen molar-refractivity contribution in [3.8, 4) is 6.07 Å². The average molecular weight is 202 g/mol. The SMILES string of the molecule is Cc1cn(CC2(CC#N)CC2)c(C)c1C. The van der Waals surface area contributed by atoms with Gasteiger partial charge in [0.15, 0.2) is 0 Å². The number of hydrogen-bond donors (Lipinski definition) is 0. The van der Waals surface area contributed by atoms with Crippen molar-refractivity contribution in [2.75, 3.05) is 0 Å². The predicted octanol–water partition coefficient (Wildman–Crippen LogP) is 3.11. The van der Waals surface area contributed by atoms with Crippen molar-refractivity contribution in [3.63, 3.8) is 0 Å². The average Bonchev–Trinajstić information content (AvgIpc) is 2.90. The lowest BCUT2D eigenvalue weighted by molar-refractivity contribution is 0.427. The van der Waals surface area contributed by atoms with Gasteiger partial charge in [-0.2, -0.15) is 5.26 Å². The minimum atomic E-state index is 0.303. The van der Waals surface area contributed by atoms with Crippen LogP contribution in [0.5, 0.6) is 0 Å². The first-order valence-corrected chi connectivity index (χ1v) is 5.58. The summed E-state index contributed by atoms with van der Waals surface area (Å²) in [6, 6.07) is 2.32. The van der Waals surface area contributed by atoms with Gasteiger partial charge in [0.05, 0.1) is 6.07 Å². The van der Waals surface area contributed by atoms with Gasteiger partial charge in [0.1, 0.15) is 0 Å². The van der Waals surface area contributed by atoms with Crippen molar-refractivity contribution in [1.29, 1.82) is 5.26 Å². The lowest BCUT2D eigenvalue weighted by atomic mass is 10.0. The van der Waals surface area contributed by atoms with E-state index in [4.69, 9.17) is 5.26 Å². The van der Waals surface area contributed by atoms with Crippen molar-refractivity contribution in [3.05, 3.63) is 23.0 Å². The third-order valence-corrected chi connectivity index (χ3v) is 3.83. The van der Waals surface area contributed by atoms with Crippen molar-refractivity contribution in [2.45, 2.75) is 46.6 Å². The Hall–Kier alpha value is -1.23. The molecular weight excluding hydrogens is 184 g/mol. The molecule has 2 nitrogen and oxygen atoms in total. The summed E-state index contributed by atoms with van der Waals surface area (Å²) in [4.78, 5) is 0. The van der Waals surface area contributed by atoms with Crippen molar-refractivity contribution < 1.29 is 0 Å². The Labute approximate surface area is 91.5 Å². The maximum Gasteiger partial charge on any atom is 0.0628 e. The lowest BCUT2D eigenvalue weighted by Gasteiger charge is -2.14. The molecule has 2 heteroatoms. The predicted molar refractivity (Wildman–Crippen MR) is 60.5 cm³/mol. The highest BCUT2D eigenvalue weighted by molar-refractivity contribution is 5.29. The molecule has 0 amide bonds. The van der Waals surface area contributed by atoms with Crippen LogP contribution in [-0.4, -0.2) is 4.57 Å². The molecule has 1 aromatic rings. The Balaban J connectivity index is 2.18. The van der Waals surface area contributed by atoms with Gasteiger partial charge in [-0.15, -0.1) is 0 Å². The van der Waals surface area contributed by atoms with E-state index in [2.05, 4.69) is 37.6 Å². The zero-order valence-corrected chi connectivity index (χ0v) is 9.80. The number of rotatable bonds is 3. The van der Waals surface area contributed by atoms with Gasteiger partial charge in [0, 0.05) is 30.3 Å². The molecule has 0 unspecified atom stereocenters. The minimum absolute atomic E-state index is 0.303. The van der Waals surface area contributed by atoms with Crippen LogP contribution in [0.3, 0.4) is 0 Å². The van der Waals surface area contributed by atoms with Crippen LogP contribution in [0.4, 0.5) is 0 Å². The molecule has 0 atom stereocenters. The Morgan fingerprint density at radius 2 is 2.07 bits per heavy atom. The summed E-state index contributed by atoms with van der Waals surface area (Å²) < 4.78 is 2.33. The molecule has 0 spiro atoms. The van der Waals surface area contributed by atoms with Crippen LogP contribution in [0.25, 0.3) is 0 Å². The Bertz CT molecular complexity index is 416. The van der Waals surface area contributed by atoms with Crippen LogP contribution in [0.2, 0.25) is 0 Å². The number of nitrogens with zero attached hydrogens (tertiary/aromatic N) is 2. The molecule has 0 aromatic carbocycles. The van der Waals surface area contributed by atoms with Gasteiger partial charge < -0.3 is 4.57 Å². The number of hydrogen-bond acceptors (Lipinski definition) is 1. The largest absolute Gasteiger partial charge is 0.351 e. The van der Waals surface area contributed by atoms with Gasteiger partial charge in [-0.3, -0.25) is 0 Å². The summed E-state index contributed by atoms with van der Waals surface area (Å²) in [5, 5.41) is 8.79. The standard InChI is InChI=1S/C13H18N2/c1-10-8-15(12(3)11(10)2)9-13(4-5-13)6-7-14/h8H,4-6,9H2,1-3H3. The Morgan fingerprint density at radius 1 is 1.40 bits per heavy atom. The molecule has 0 saturated heterocycles. The molecule has 1 fully saturated rings. The number of aromatic nitrogens is 1. The molecule has 0 N–H and O–H groups in total. The second-order valence-electron chi connectivity index (χ2n) is 4.99. The summed E-state index contributed by atoms with van der Waals surface area (Å²) >= 11 is 0. The molecule has 2 rings (SSSR count). The first-order chi connectivity index (χ1) is 7.08. The van der Waals surface area contributed by atoms with E-state index in [-0.39, 0.29) is 0 Å². The molecule has 0 aliphatic heterocycles.